The van der Waals surface area contributed by atoms with Gasteiger partial charge in [-0.3, -0.25) is 0 Å². The van der Waals surface area contributed by atoms with Crippen LogP contribution in [0, 0.1) is 6.92 Å². The van der Waals surface area contributed by atoms with E-state index < -0.39 is 9.84 Å². The first kappa shape index (κ1) is 16.0. The molecule has 0 spiro atoms. The van der Waals surface area contributed by atoms with Crippen LogP contribution < -0.4 is 10.2 Å². The fourth-order valence-electron chi connectivity index (χ4n) is 2.59. The number of rotatable bonds is 4. The molecule has 7 heteroatoms. The number of aromatic nitrogens is 2. The Morgan fingerprint density at radius 3 is 2.67 bits per heavy atom. The van der Waals surface area contributed by atoms with E-state index in [0.29, 0.717) is 13.0 Å². The molecule has 1 aliphatic rings. The van der Waals surface area contributed by atoms with Gasteiger partial charge in [-0.05, 0) is 19.8 Å². The fourth-order valence-corrected chi connectivity index (χ4v) is 3.86. The van der Waals surface area contributed by atoms with E-state index in [0.717, 1.165) is 42.4 Å². The van der Waals surface area contributed by atoms with Crippen molar-refractivity contribution in [2.24, 2.45) is 0 Å². The van der Waals surface area contributed by atoms with E-state index in [2.05, 4.69) is 27.1 Å². The summed E-state index contributed by atoms with van der Waals surface area (Å²) in [5.74, 6) is 2.99. The molecule has 1 aromatic heterocycles. The van der Waals surface area contributed by atoms with Crippen molar-refractivity contribution >= 4 is 21.5 Å². The lowest BCUT2D eigenvalue weighted by atomic mass is 10.2. The average molecular weight is 312 g/mol. The third kappa shape index (κ3) is 3.84. The Balaban J connectivity index is 2.35. The van der Waals surface area contributed by atoms with Gasteiger partial charge in [-0.25, -0.2) is 18.4 Å². The Morgan fingerprint density at radius 2 is 2.00 bits per heavy atom. The van der Waals surface area contributed by atoms with Gasteiger partial charge in [-0.2, -0.15) is 0 Å². The first-order chi connectivity index (χ1) is 9.96. The Hall–Kier alpha value is -1.37. The second-order valence-corrected chi connectivity index (χ2v) is 7.73. The molecular formula is C14H24N4O2S. The van der Waals surface area contributed by atoms with Crippen molar-refractivity contribution < 1.29 is 8.42 Å². The van der Waals surface area contributed by atoms with Crippen LogP contribution in [0.25, 0.3) is 0 Å². The van der Waals surface area contributed by atoms with Crippen LogP contribution in [-0.4, -0.2) is 50.0 Å². The van der Waals surface area contributed by atoms with Gasteiger partial charge in [-0.1, -0.05) is 6.92 Å². The summed E-state index contributed by atoms with van der Waals surface area (Å²) in [5, 5.41) is 3.11. The van der Waals surface area contributed by atoms with Gasteiger partial charge >= 0.3 is 0 Å². The Labute approximate surface area is 126 Å². The molecule has 0 bridgehead atoms. The van der Waals surface area contributed by atoms with Crippen molar-refractivity contribution in [3.8, 4) is 0 Å². The zero-order chi connectivity index (χ0) is 15.5. The summed E-state index contributed by atoms with van der Waals surface area (Å²) >= 11 is 0. The monoisotopic (exact) mass is 312 g/mol. The molecular weight excluding hydrogens is 288 g/mol. The van der Waals surface area contributed by atoms with Crippen LogP contribution in [0.2, 0.25) is 0 Å². The number of hydrogen-bond donors (Lipinski definition) is 1. The number of sulfone groups is 1. The van der Waals surface area contributed by atoms with Crippen molar-refractivity contribution in [2.75, 3.05) is 41.9 Å². The first-order valence-corrected chi connectivity index (χ1v) is 9.29. The maximum Gasteiger partial charge on any atom is 0.152 e. The minimum atomic E-state index is -2.91. The zero-order valence-corrected chi connectivity index (χ0v) is 13.8. The molecule has 1 aromatic rings. The number of anilines is 2. The summed E-state index contributed by atoms with van der Waals surface area (Å²) in [6.45, 7) is 5.32. The minimum absolute atomic E-state index is 0.203. The lowest BCUT2D eigenvalue weighted by Gasteiger charge is -2.24. The van der Waals surface area contributed by atoms with E-state index in [1.54, 1.807) is 0 Å². The molecule has 0 aliphatic carbocycles. The molecule has 118 valence electrons. The van der Waals surface area contributed by atoms with Gasteiger partial charge in [0.15, 0.2) is 9.84 Å². The van der Waals surface area contributed by atoms with Crippen LogP contribution in [0.15, 0.2) is 0 Å². The molecule has 0 radical (unpaired) electrons. The predicted octanol–water partition coefficient (Wildman–Crippen LogP) is 1.40. The molecule has 0 aromatic carbocycles. The highest BCUT2D eigenvalue weighted by Gasteiger charge is 2.22. The van der Waals surface area contributed by atoms with E-state index in [4.69, 9.17) is 0 Å². The van der Waals surface area contributed by atoms with Crippen LogP contribution in [0.3, 0.4) is 0 Å². The van der Waals surface area contributed by atoms with Gasteiger partial charge in [0.05, 0.1) is 11.5 Å². The number of nitrogens with one attached hydrogen (secondary N) is 1. The lowest BCUT2D eigenvalue weighted by Crippen LogP contribution is -2.29. The predicted molar refractivity (Wildman–Crippen MR) is 85.8 cm³/mol. The molecule has 0 unspecified atom stereocenters. The SMILES string of the molecule is CCCc1nc(NC)c(C)c(N2CCCS(=O)(=O)CC2)n1. The first-order valence-electron chi connectivity index (χ1n) is 7.47. The molecule has 6 nitrogen and oxygen atoms in total. The Morgan fingerprint density at radius 1 is 1.24 bits per heavy atom. The molecule has 1 N–H and O–H groups in total. The molecule has 2 rings (SSSR count). The highest BCUT2D eigenvalue weighted by molar-refractivity contribution is 7.91. The third-order valence-corrected chi connectivity index (χ3v) is 5.45. The molecule has 0 amide bonds. The Bertz CT molecular complexity index is 601. The Kier molecular flexibility index (Phi) is 5.03. The summed E-state index contributed by atoms with van der Waals surface area (Å²) in [6, 6.07) is 0. The standard InChI is InChI=1S/C14H24N4O2S/c1-4-6-12-16-13(15-3)11(2)14(17-12)18-7-5-9-21(19,20)10-8-18/h4-10H2,1-3H3,(H,15,16,17). The van der Waals surface area contributed by atoms with Crippen molar-refractivity contribution in [1.82, 2.24) is 9.97 Å². The summed E-state index contributed by atoms with van der Waals surface area (Å²) in [5.41, 5.74) is 0.983. The summed E-state index contributed by atoms with van der Waals surface area (Å²) in [7, 11) is -1.06. The van der Waals surface area contributed by atoms with E-state index in [-0.39, 0.29) is 11.5 Å². The summed E-state index contributed by atoms with van der Waals surface area (Å²) in [6.07, 6.45) is 2.47. The molecule has 0 atom stereocenters. The summed E-state index contributed by atoms with van der Waals surface area (Å²) < 4.78 is 23.5. The van der Waals surface area contributed by atoms with Crippen LogP contribution in [0.4, 0.5) is 11.6 Å². The highest BCUT2D eigenvalue weighted by Crippen LogP contribution is 2.25. The van der Waals surface area contributed by atoms with Gasteiger partial charge in [-0.15, -0.1) is 0 Å². The van der Waals surface area contributed by atoms with E-state index in [9.17, 15) is 8.42 Å². The quantitative estimate of drug-likeness (QED) is 0.906. The number of aryl methyl sites for hydroxylation is 1. The van der Waals surface area contributed by atoms with Crippen LogP contribution >= 0.6 is 0 Å². The smallest absolute Gasteiger partial charge is 0.152 e. The largest absolute Gasteiger partial charge is 0.373 e. The van der Waals surface area contributed by atoms with Gasteiger partial charge in [0.25, 0.3) is 0 Å². The molecule has 1 fully saturated rings. The van der Waals surface area contributed by atoms with Gasteiger partial charge in [0.2, 0.25) is 0 Å². The van der Waals surface area contributed by atoms with Crippen molar-refractivity contribution in [1.29, 1.82) is 0 Å². The van der Waals surface area contributed by atoms with E-state index >= 15 is 0 Å². The van der Waals surface area contributed by atoms with Crippen molar-refractivity contribution in [3.63, 3.8) is 0 Å². The molecule has 21 heavy (non-hydrogen) atoms. The molecule has 1 saturated heterocycles. The number of hydrogen-bond acceptors (Lipinski definition) is 6. The van der Waals surface area contributed by atoms with Gasteiger partial charge < -0.3 is 10.2 Å². The highest BCUT2D eigenvalue weighted by atomic mass is 32.2. The molecule has 2 heterocycles. The molecule has 1 aliphatic heterocycles. The van der Waals surface area contributed by atoms with Gasteiger partial charge in [0.1, 0.15) is 17.5 Å². The average Bonchev–Trinajstić information content (AvgIpc) is 2.62. The van der Waals surface area contributed by atoms with Crippen LogP contribution in [0.5, 0.6) is 0 Å². The van der Waals surface area contributed by atoms with Crippen LogP contribution in [-0.2, 0) is 16.3 Å². The fraction of sp³-hybridized carbons (Fsp3) is 0.714. The summed E-state index contributed by atoms with van der Waals surface area (Å²) in [4.78, 5) is 11.3. The zero-order valence-electron chi connectivity index (χ0n) is 13.0. The lowest BCUT2D eigenvalue weighted by molar-refractivity contribution is 0.597. The maximum atomic E-state index is 11.8. The van der Waals surface area contributed by atoms with Gasteiger partial charge in [0, 0.05) is 32.1 Å². The third-order valence-electron chi connectivity index (χ3n) is 3.73. The second kappa shape index (κ2) is 6.60. The topological polar surface area (TPSA) is 75.2 Å². The maximum absolute atomic E-state index is 11.8. The number of nitrogens with zero attached hydrogens (tertiary/aromatic N) is 3. The van der Waals surface area contributed by atoms with Crippen LogP contribution in [0.1, 0.15) is 31.2 Å². The van der Waals surface area contributed by atoms with E-state index in [1.807, 2.05) is 14.0 Å². The second-order valence-electron chi connectivity index (χ2n) is 5.43. The normalized spacial score (nSPS) is 18.3. The van der Waals surface area contributed by atoms with Crippen molar-refractivity contribution in [2.45, 2.75) is 33.1 Å². The van der Waals surface area contributed by atoms with Crippen molar-refractivity contribution in [3.05, 3.63) is 11.4 Å². The van der Waals surface area contributed by atoms with E-state index in [1.165, 1.54) is 0 Å². The minimum Gasteiger partial charge on any atom is -0.373 e. The molecule has 0 saturated carbocycles.